The van der Waals surface area contributed by atoms with Gasteiger partial charge in [-0.2, -0.15) is 0 Å². The number of anilines is 1. The molecule has 0 aliphatic carbocycles. The summed E-state index contributed by atoms with van der Waals surface area (Å²) < 4.78 is 0. The number of piperazine rings is 1. The lowest BCUT2D eigenvalue weighted by Crippen LogP contribution is -2.48. The molecule has 2 amide bonds. The van der Waals surface area contributed by atoms with Crippen LogP contribution in [0.15, 0.2) is 59.6 Å². The second kappa shape index (κ2) is 12.7. The third-order valence-electron chi connectivity index (χ3n) is 7.05. The number of likely N-dealkylation sites (tertiary alicyclic amines) is 1. The van der Waals surface area contributed by atoms with Crippen molar-refractivity contribution in [1.29, 1.82) is 0 Å². The molecule has 1 aromatic carbocycles. The average Bonchev–Trinajstić information content (AvgIpc) is 3.47. The highest BCUT2D eigenvalue weighted by molar-refractivity contribution is 7.99. The number of thiazole rings is 1. The molecule has 4 heterocycles. The quantitative estimate of drug-likeness (QED) is 0.240. The summed E-state index contributed by atoms with van der Waals surface area (Å²) >= 11 is 15.3. The molecule has 0 bridgehead atoms. The van der Waals surface area contributed by atoms with E-state index in [9.17, 15) is 9.59 Å². The molecule has 39 heavy (non-hydrogen) atoms. The first-order valence-corrected chi connectivity index (χ1v) is 15.5. The smallest absolute Gasteiger partial charge is 0.273 e. The maximum Gasteiger partial charge on any atom is 0.273 e. The zero-order valence-electron chi connectivity index (χ0n) is 21.4. The highest BCUT2D eigenvalue weighted by Crippen LogP contribution is 2.32. The van der Waals surface area contributed by atoms with E-state index in [-0.39, 0.29) is 17.7 Å². The Morgan fingerprint density at radius 3 is 2.49 bits per heavy atom. The summed E-state index contributed by atoms with van der Waals surface area (Å²) in [6.07, 6.45) is 5.17. The number of amides is 2. The monoisotopic (exact) mass is 601 g/mol. The van der Waals surface area contributed by atoms with Crippen LogP contribution in [0.5, 0.6) is 0 Å². The van der Waals surface area contributed by atoms with Gasteiger partial charge in [0.05, 0.1) is 20.6 Å². The van der Waals surface area contributed by atoms with Crippen molar-refractivity contribution in [3.8, 4) is 0 Å². The van der Waals surface area contributed by atoms with Crippen molar-refractivity contribution in [2.75, 3.05) is 49.9 Å². The number of carbonyl (C=O) groups excluding carboxylic acids is 2. The van der Waals surface area contributed by atoms with Gasteiger partial charge in [0.25, 0.3) is 11.8 Å². The van der Waals surface area contributed by atoms with E-state index in [0.717, 1.165) is 41.7 Å². The van der Waals surface area contributed by atoms with Gasteiger partial charge in [-0.05, 0) is 43.2 Å². The number of hydrogen-bond acceptors (Lipinski definition) is 7. The lowest BCUT2D eigenvalue weighted by atomic mass is 9.97. The molecule has 0 N–H and O–H groups in total. The standard InChI is InChI=1S/C28H29Cl2N5O2S2/c1-2-16-38-26-21(4-3-9-31-26)27(36)34-10-7-19(8-11-34)25-32-24(18-39-25)28(37)35-14-12-33(13-15-35)20-5-6-22(29)23(30)17-20/h2-6,9,17-19H,1,7-8,10-16H2. The van der Waals surface area contributed by atoms with E-state index in [4.69, 9.17) is 28.2 Å². The van der Waals surface area contributed by atoms with Gasteiger partial charge >= 0.3 is 0 Å². The summed E-state index contributed by atoms with van der Waals surface area (Å²) in [7, 11) is 0. The Morgan fingerprint density at radius 1 is 1.03 bits per heavy atom. The lowest BCUT2D eigenvalue weighted by molar-refractivity contribution is 0.0708. The van der Waals surface area contributed by atoms with E-state index in [2.05, 4.69) is 16.5 Å². The zero-order valence-corrected chi connectivity index (χ0v) is 24.5. The molecule has 2 fully saturated rings. The van der Waals surface area contributed by atoms with E-state index in [0.29, 0.717) is 53.2 Å². The van der Waals surface area contributed by atoms with Crippen molar-refractivity contribution in [1.82, 2.24) is 19.8 Å². The number of pyridine rings is 1. The fourth-order valence-corrected chi connectivity index (χ4v) is 6.87. The van der Waals surface area contributed by atoms with Gasteiger partial charge in [-0.15, -0.1) is 29.7 Å². The van der Waals surface area contributed by atoms with E-state index in [1.54, 1.807) is 29.7 Å². The number of nitrogens with zero attached hydrogens (tertiary/aromatic N) is 5. The molecule has 0 spiro atoms. The fraction of sp³-hybridized carbons (Fsp3) is 0.357. The second-order valence-corrected chi connectivity index (χ2v) is 12.2. The van der Waals surface area contributed by atoms with Crippen LogP contribution in [-0.4, -0.2) is 76.6 Å². The van der Waals surface area contributed by atoms with Gasteiger partial charge < -0.3 is 14.7 Å². The Balaban J connectivity index is 1.15. The van der Waals surface area contributed by atoms with Crippen LogP contribution in [0.3, 0.4) is 0 Å². The average molecular weight is 603 g/mol. The third-order valence-corrected chi connectivity index (χ3v) is 9.79. The number of aromatic nitrogens is 2. The molecule has 0 saturated carbocycles. The van der Waals surface area contributed by atoms with Gasteiger partial charge in [0.15, 0.2) is 0 Å². The van der Waals surface area contributed by atoms with Gasteiger partial charge in [-0.25, -0.2) is 9.97 Å². The van der Waals surface area contributed by atoms with E-state index in [1.807, 2.05) is 39.5 Å². The number of hydrogen-bond donors (Lipinski definition) is 0. The summed E-state index contributed by atoms with van der Waals surface area (Å²) in [5.41, 5.74) is 2.16. The molecular formula is C28H29Cl2N5O2S2. The normalized spacial score (nSPS) is 16.4. The molecule has 0 unspecified atom stereocenters. The summed E-state index contributed by atoms with van der Waals surface area (Å²) in [4.78, 5) is 41.5. The predicted octanol–water partition coefficient (Wildman–Crippen LogP) is 6.11. The highest BCUT2D eigenvalue weighted by Gasteiger charge is 2.29. The Morgan fingerprint density at radius 2 is 1.77 bits per heavy atom. The van der Waals surface area contributed by atoms with Crippen LogP contribution in [0.25, 0.3) is 0 Å². The predicted molar refractivity (Wildman–Crippen MR) is 160 cm³/mol. The minimum absolute atomic E-state index is 0.0168. The van der Waals surface area contributed by atoms with Crippen molar-refractivity contribution < 1.29 is 9.59 Å². The van der Waals surface area contributed by atoms with Crippen molar-refractivity contribution in [3.05, 3.63) is 80.9 Å². The van der Waals surface area contributed by atoms with Crippen LogP contribution in [0, 0.1) is 0 Å². The molecule has 3 aromatic rings. The molecule has 0 atom stereocenters. The SMILES string of the molecule is C=CCSc1ncccc1C(=O)N1CCC(c2nc(C(=O)N3CCN(c4ccc(Cl)c(Cl)c4)CC3)cs2)CC1. The first kappa shape index (κ1) is 28.0. The lowest BCUT2D eigenvalue weighted by Gasteiger charge is -2.36. The Hall–Kier alpha value is -2.59. The Bertz CT molecular complexity index is 1350. The first-order chi connectivity index (χ1) is 18.9. The minimum atomic E-state index is -0.0277. The number of benzene rings is 1. The third kappa shape index (κ3) is 6.43. The summed E-state index contributed by atoms with van der Waals surface area (Å²) in [6, 6.07) is 9.27. The summed E-state index contributed by atoms with van der Waals surface area (Å²) in [5.74, 6) is 0.941. The zero-order chi connectivity index (χ0) is 27.4. The number of rotatable bonds is 7. The van der Waals surface area contributed by atoms with Crippen LogP contribution < -0.4 is 4.90 Å². The van der Waals surface area contributed by atoms with Crippen molar-refractivity contribution >= 4 is 63.8 Å². The van der Waals surface area contributed by atoms with Crippen LogP contribution in [-0.2, 0) is 0 Å². The van der Waals surface area contributed by atoms with Crippen LogP contribution >= 0.6 is 46.3 Å². The molecule has 7 nitrogen and oxygen atoms in total. The molecular weight excluding hydrogens is 573 g/mol. The molecule has 5 rings (SSSR count). The Labute approximate surface area is 246 Å². The van der Waals surface area contributed by atoms with Crippen LogP contribution in [0.4, 0.5) is 5.69 Å². The maximum atomic E-state index is 13.2. The molecule has 2 aromatic heterocycles. The van der Waals surface area contributed by atoms with E-state index < -0.39 is 0 Å². The van der Waals surface area contributed by atoms with Gasteiger partial charge in [-0.1, -0.05) is 29.3 Å². The van der Waals surface area contributed by atoms with Gasteiger partial charge in [0.1, 0.15) is 10.7 Å². The largest absolute Gasteiger partial charge is 0.368 e. The minimum Gasteiger partial charge on any atom is -0.368 e. The number of halogens is 2. The molecule has 2 aliphatic heterocycles. The van der Waals surface area contributed by atoms with Crippen molar-refractivity contribution in [3.63, 3.8) is 0 Å². The van der Waals surface area contributed by atoms with Gasteiger partial charge in [0, 0.05) is 68.2 Å². The molecule has 2 saturated heterocycles. The van der Waals surface area contributed by atoms with Gasteiger partial charge in [-0.3, -0.25) is 9.59 Å². The topological polar surface area (TPSA) is 69.6 Å². The molecule has 2 aliphatic rings. The summed E-state index contributed by atoms with van der Waals surface area (Å²) in [6.45, 7) is 7.74. The second-order valence-electron chi connectivity index (χ2n) is 9.47. The number of piperidine rings is 1. The maximum absolute atomic E-state index is 13.2. The van der Waals surface area contributed by atoms with Crippen LogP contribution in [0.2, 0.25) is 10.0 Å². The number of carbonyl (C=O) groups is 2. The molecule has 11 heteroatoms. The fourth-order valence-electron chi connectivity index (χ4n) is 4.89. The van der Waals surface area contributed by atoms with Crippen molar-refractivity contribution in [2.24, 2.45) is 0 Å². The summed E-state index contributed by atoms with van der Waals surface area (Å²) in [5, 5.41) is 4.65. The molecule has 0 radical (unpaired) electrons. The van der Waals surface area contributed by atoms with Gasteiger partial charge in [0.2, 0.25) is 0 Å². The molecule has 204 valence electrons. The first-order valence-electron chi connectivity index (χ1n) is 12.9. The van der Waals surface area contributed by atoms with E-state index in [1.165, 1.54) is 11.8 Å². The van der Waals surface area contributed by atoms with E-state index >= 15 is 0 Å². The van der Waals surface area contributed by atoms with Crippen LogP contribution in [0.1, 0.15) is 44.6 Å². The highest BCUT2D eigenvalue weighted by atomic mass is 35.5. The number of thioether (sulfide) groups is 1. The van der Waals surface area contributed by atoms with Crippen molar-refractivity contribution in [2.45, 2.75) is 23.8 Å². The Kier molecular flexibility index (Phi) is 9.12.